The van der Waals surface area contributed by atoms with Crippen LogP contribution in [0.5, 0.6) is 0 Å². The summed E-state index contributed by atoms with van der Waals surface area (Å²) in [6, 6.07) is 2.11. The quantitative estimate of drug-likeness (QED) is 0.878. The van der Waals surface area contributed by atoms with Gasteiger partial charge in [0, 0.05) is 28.7 Å². The molecule has 0 aliphatic heterocycles. The van der Waals surface area contributed by atoms with Crippen LogP contribution in [-0.2, 0) is 5.75 Å². The summed E-state index contributed by atoms with van der Waals surface area (Å²) in [5.74, 6) is 2.29. The highest BCUT2D eigenvalue weighted by Crippen LogP contribution is 2.27. The number of thiazole rings is 1. The van der Waals surface area contributed by atoms with Gasteiger partial charge in [0.2, 0.25) is 0 Å². The van der Waals surface area contributed by atoms with Crippen molar-refractivity contribution in [2.24, 2.45) is 5.92 Å². The van der Waals surface area contributed by atoms with Crippen molar-refractivity contribution in [1.82, 2.24) is 4.98 Å². The third kappa shape index (κ3) is 3.81. The van der Waals surface area contributed by atoms with E-state index in [2.05, 4.69) is 34.1 Å². The van der Waals surface area contributed by atoms with Gasteiger partial charge in [-0.25, -0.2) is 4.98 Å². The molecule has 0 amide bonds. The molecular weight excluding hydrogens is 270 g/mol. The molecule has 1 unspecified atom stereocenters. The van der Waals surface area contributed by atoms with E-state index in [1.54, 1.807) is 22.7 Å². The maximum absolute atomic E-state index is 8.94. The van der Waals surface area contributed by atoms with Gasteiger partial charge < -0.3 is 5.11 Å². The van der Waals surface area contributed by atoms with Gasteiger partial charge in [-0.1, -0.05) is 6.92 Å². The number of aliphatic hydroxyl groups is 1. The molecule has 2 aromatic rings. The molecule has 2 rings (SSSR count). The van der Waals surface area contributed by atoms with E-state index in [-0.39, 0.29) is 6.61 Å². The van der Waals surface area contributed by atoms with E-state index in [0.29, 0.717) is 5.92 Å². The van der Waals surface area contributed by atoms with Crippen LogP contribution >= 0.6 is 34.4 Å². The standard InChI is InChI=1S/C12H15NOS3/c1-9(4-14)5-16-7-11-8-17-12(13-11)10-2-3-15-6-10/h2-3,6,8-9,14H,4-5,7H2,1H3. The first-order valence-corrected chi connectivity index (χ1v) is 8.43. The van der Waals surface area contributed by atoms with E-state index in [4.69, 9.17) is 5.11 Å². The minimum atomic E-state index is 0.268. The average molecular weight is 285 g/mol. The minimum Gasteiger partial charge on any atom is -0.396 e. The topological polar surface area (TPSA) is 33.1 Å². The molecule has 1 N–H and O–H groups in total. The molecule has 2 nitrogen and oxygen atoms in total. The Labute approximate surface area is 114 Å². The molecule has 0 radical (unpaired) electrons. The number of thiophene rings is 1. The Balaban J connectivity index is 1.87. The van der Waals surface area contributed by atoms with E-state index in [0.717, 1.165) is 22.2 Å². The third-order valence-electron chi connectivity index (χ3n) is 2.28. The number of thioether (sulfide) groups is 1. The number of nitrogens with zero attached hydrogens (tertiary/aromatic N) is 1. The molecule has 17 heavy (non-hydrogen) atoms. The predicted molar refractivity (Wildman–Crippen MR) is 77.8 cm³/mol. The van der Waals surface area contributed by atoms with Gasteiger partial charge in [-0.15, -0.1) is 11.3 Å². The summed E-state index contributed by atoms with van der Waals surface area (Å²) < 4.78 is 0. The van der Waals surface area contributed by atoms with Gasteiger partial charge >= 0.3 is 0 Å². The van der Waals surface area contributed by atoms with Crippen LogP contribution in [0.4, 0.5) is 0 Å². The van der Waals surface area contributed by atoms with Crippen molar-refractivity contribution in [3.05, 3.63) is 27.9 Å². The summed E-state index contributed by atoms with van der Waals surface area (Å²) in [5.41, 5.74) is 2.37. The van der Waals surface area contributed by atoms with Gasteiger partial charge in [-0.05, 0) is 23.1 Å². The minimum absolute atomic E-state index is 0.268. The molecule has 1 atom stereocenters. The van der Waals surface area contributed by atoms with Gasteiger partial charge in [-0.3, -0.25) is 0 Å². The zero-order valence-corrected chi connectivity index (χ0v) is 12.1. The summed E-state index contributed by atoms with van der Waals surface area (Å²) in [6.45, 7) is 2.33. The summed E-state index contributed by atoms with van der Waals surface area (Å²) in [5, 5.41) is 16.4. The highest BCUT2D eigenvalue weighted by Gasteiger charge is 2.06. The molecule has 0 fully saturated rings. The fraction of sp³-hybridized carbons (Fsp3) is 0.417. The molecule has 0 aliphatic rings. The smallest absolute Gasteiger partial charge is 0.124 e. The van der Waals surface area contributed by atoms with Crippen LogP contribution in [0.25, 0.3) is 10.6 Å². The van der Waals surface area contributed by atoms with Gasteiger partial charge in [0.15, 0.2) is 0 Å². The van der Waals surface area contributed by atoms with Crippen molar-refractivity contribution in [2.45, 2.75) is 12.7 Å². The second-order valence-corrected chi connectivity index (χ2v) is 6.63. The third-order valence-corrected chi connectivity index (χ3v) is 5.21. The predicted octanol–water partition coefficient (Wildman–Crippen LogP) is 3.73. The molecule has 0 aliphatic carbocycles. The molecule has 0 spiro atoms. The number of hydrogen-bond acceptors (Lipinski definition) is 5. The fourth-order valence-corrected chi connectivity index (χ4v) is 3.93. The molecule has 2 heterocycles. The summed E-state index contributed by atoms with van der Waals surface area (Å²) in [6.07, 6.45) is 0. The van der Waals surface area contributed by atoms with Crippen molar-refractivity contribution in [3.63, 3.8) is 0 Å². The average Bonchev–Trinajstić information content (AvgIpc) is 2.98. The Bertz CT molecular complexity index is 438. The first-order chi connectivity index (χ1) is 8.29. The molecule has 0 bridgehead atoms. The van der Waals surface area contributed by atoms with Gasteiger partial charge in [0.25, 0.3) is 0 Å². The number of aliphatic hydroxyl groups excluding tert-OH is 1. The Morgan fingerprint density at radius 1 is 1.47 bits per heavy atom. The molecular formula is C12H15NOS3. The second-order valence-electron chi connectivity index (χ2n) is 3.96. The van der Waals surface area contributed by atoms with E-state index in [1.165, 1.54) is 5.56 Å². The lowest BCUT2D eigenvalue weighted by atomic mass is 10.2. The van der Waals surface area contributed by atoms with Crippen molar-refractivity contribution in [2.75, 3.05) is 12.4 Å². The number of rotatable bonds is 6. The first kappa shape index (κ1) is 13.1. The normalized spacial score (nSPS) is 12.8. The fourth-order valence-electron chi connectivity index (χ4n) is 1.31. The molecule has 0 saturated heterocycles. The zero-order valence-electron chi connectivity index (χ0n) is 9.63. The molecule has 2 aromatic heterocycles. The van der Waals surface area contributed by atoms with Crippen molar-refractivity contribution in [3.8, 4) is 10.6 Å². The van der Waals surface area contributed by atoms with Crippen LogP contribution < -0.4 is 0 Å². The highest BCUT2D eigenvalue weighted by atomic mass is 32.2. The Kier molecular flexibility index (Phi) is 5.03. The Morgan fingerprint density at radius 2 is 2.35 bits per heavy atom. The van der Waals surface area contributed by atoms with E-state index in [9.17, 15) is 0 Å². The lowest BCUT2D eigenvalue weighted by Crippen LogP contribution is -2.03. The number of aromatic nitrogens is 1. The van der Waals surface area contributed by atoms with Crippen LogP contribution in [0.1, 0.15) is 12.6 Å². The van der Waals surface area contributed by atoms with Crippen molar-refractivity contribution < 1.29 is 5.11 Å². The van der Waals surface area contributed by atoms with Gasteiger partial charge in [-0.2, -0.15) is 23.1 Å². The Hall–Kier alpha value is -0.360. The zero-order chi connectivity index (χ0) is 12.1. The molecule has 0 saturated carbocycles. The van der Waals surface area contributed by atoms with E-state index in [1.807, 2.05) is 11.8 Å². The lowest BCUT2D eigenvalue weighted by molar-refractivity contribution is 0.250. The van der Waals surface area contributed by atoms with E-state index >= 15 is 0 Å². The summed E-state index contributed by atoms with van der Waals surface area (Å²) in [7, 11) is 0. The SMILES string of the molecule is CC(CO)CSCc1csc(-c2ccsc2)n1. The second kappa shape index (κ2) is 6.54. The van der Waals surface area contributed by atoms with E-state index < -0.39 is 0 Å². The first-order valence-electron chi connectivity index (χ1n) is 5.45. The van der Waals surface area contributed by atoms with Gasteiger partial charge in [0.05, 0.1) is 5.69 Å². The van der Waals surface area contributed by atoms with Crippen LogP contribution in [0, 0.1) is 5.92 Å². The van der Waals surface area contributed by atoms with Crippen LogP contribution in [0.3, 0.4) is 0 Å². The maximum atomic E-state index is 8.94. The van der Waals surface area contributed by atoms with Crippen LogP contribution in [0.15, 0.2) is 22.2 Å². The van der Waals surface area contributed by atoms with Crippen molar-refractivity contribution in [1.29, 1.82) is 0 Å². The summed E-state index contributed by atoms with van der Waals surface area (Å²) in [4.78, 5) is 4.62. The highest BCUT2D eigenvalue weighted by molar-refractivity contribution is 7.98. The summed E-state index contributed by atoms with van der Waals surface area (Å²) >= 11 is 5.24. The number of hydrogen-bond donors (Lipinski definition) is 1. The Morgan fingerprint density at radius 3 is 3.06 bits per heavy atom. The molecule has 5 heteroatoms. The largest absolute Gasteiger partial charge is 0.396 e. The monoisotopic (exact) mass is 285 g/mol. The van der Waals surface area contributed by atoms with Crippen LogP contribution in [0.2, 0.25) is 0 Å². The molecule has 0 aromatic carbocycles. The molecule has 92 valence electrons. The lowest BCUT2D eigenvalue weighted by Gasteiger charge is -2.05. The van der Waals surface area contributed by atoms with Crippen LogP contribution in [-0.4, -0.2) is 22.5 Å². The van der Waals surface area contributed by atoms with Crippen molar-refractivity contribution >= 4 is 34.4 Å². The van der Waals surface area contributed by atoms with Gasteiger partial charge in [0.1, 0.15) is 5.01 Å². The maximum Gasteiger partial charge on any atom is 0.124 e.